The van der Waals surface area contributed by atoms with Crippen LogP contribution >= 0.6 is 0 Å². The van der Waals surface area contributed by atoms with Crippen LogP contribution in [0.4, 0.5) is 4.39 Å². The molecule has 6 nitrogen and oxygen atoms in total. The first-order valence-electron chi connectivity index (χ1n) is 9.30. The number of hydrogen-bond acceptors (Lipinski definition) is 5. The van der Waals surface area contributed by atoms with E-state index in [-0.39, 0.29) is 5.82 Å². The summed E-state index contributed by atoms with van der Waals surface area (Å²) in [4.78, 5) is 2.45. The van der Waals surface area contributed by atoms with E-state index in [1.54, 1.807) is 6.07 Å². The summed E-state index contributed by atoms with van der Waals surface area (Å²) in [7, 11) is 0. The summed E-state index contributed by atoms with van der Waals surface area (Å²) in [6.07, 6.45) is 2.01. The molecule has 0 unspecified atom stereocenters. The zero-order valence-electron chi connectivity index (χ0n) is 14.6. The molecule has 136 valence electrons. The molecular weight excluding hydrogens is 333 g/mol. The van der Waals surface area contributed by atoms with Crippen molar-refractivity contribution >= 4 is 11.0 Å². The first-order chi connectivity index (χ1) is 12.8. The molecule has 2 aromatic heterocycles. The van der Waals surface area contributed by atoms with Gasteiger partial charge in [0.2, 0.25) is 0 Å². The first-order valence-corrected chi connectivity index (χ1v) is 9.30. The molecule has 0 spiro atoms. The van der Waals surface area contributed by atoms with E-state index in [1.165, 1.54) is 17.8 Å². The topological polar surface area (TPSA) is 59.1 Å². The van der Waals surface area contributed by atoms with Crippen molar-refractivity contribution in [2.24, 2.45) is 0 Å². The van der Waals surface area contributed by atoms with Gasteiger partial charge in [-0.3, -0.25) is 9.58 Å². The summed E-state index contributed by atoms with van der Waals surface area (Å²) in [6.45, 7) is 5.73. The van der Waals surface area contributed by atoms with E-state index in [0.29, 0.717) is 11.5 Å². The highest BCUT2D eigenvalue weighted by Crippen LogP contribution is 2.33. The van der Waals surface area contributed by atoms with Gasteiger partial charge in [0, 0.05) is 30.9 Å². The van der Waals surface area contributed by atoms with Gasteiger partial charge in [0.25, 0.3) is 0 Å². The quantitative estimate of drug-likeness (QED) is 0.783. The molecule has 0 aliphatic carbocycles. The van der Waals surface area contributed by atoms with Gasteiger partial charge in [-0.15, -0.1) is 0 Å². The van der Waals surface area contributed by atoms with Crippen LogP contribution in [-0.4, -0.2) is 39.5 Å². The molecule has 1 fully saturated rings. The molecule has 2 aliphatic heterocycles. The minimum atomic E-state index is -0.238. The van der Waals surface area contributed by atoms with Crippen molar-refractivity contribution in [1.82, 2.24) is 25.2 Å². The van der Waals surface area contributed by atoms with E-state index < -0.39 is 0 Å². The number of nitrogens with one attached hydrogen (secondary N) is 1. The standard InChI is InChI=1S/C19H22FN5O/c20-14-1-2-18-17(9-14)19(23-26-18)13-3-6-24(7-4-13)12-15-10-16-11-21-5-8-25(16)22-15/h1-2,9-10,13,21H,3-8,11-12H2. The van der Waals surface area contributed by atoms with Crippen molar-refractivity contribution in [1.29, 1.82) is 0 Å². The largest absolute Gasteiger partial charge is 0.356 e. The van der Waals surface area contributed by atoms with Gasteiger partial charge in [-0.25, -0.2) is 4.39 Å². The van der Waals surface area contributed by atoms with Crippen molar-refractivity contribution in [2.45, 2.75) is 38.4 Å². The molecule has 0 saturated carbocycles. The van der Waals surface area contributed by atoms with E-state index in [4.69, 9.17) is 9.62 Å². The van der Waals surface area contributed by atoms with Crippen LogP contribution in [0.5, 0.6) is 0 Å². The highest BCUT2D eigenvalue weighted by atomic mass is 19.1. The average molecular weight is 355 g/mol. The number of benzene rings is 1. The molecule has 1 aromatic carbocycles. The van der Waals surface area contributed by atoms with Crippen LogP contribution in [0.2, 0.25) is 0 Å². The van der Waals surface area contributed by atoms with Crippen LogP contribution in [-0.2, 0) is 19.6 Å². The Hall–Kier alpha value is -2.25. The van der Waals surface area contributed by atoms with Gasteiger partial charge >= 0.3 is 0 Å². The van der Waals surface area contributed by atoms with Crippen LogP contribution in [0.3, 0.4) is 0 Å². The number of nitrogens with zero attached hydrogens (tertiary/aromatic N) is 4. The predicted molar refractivity (Wildman–Crippen MR) is 95.2 cm³/mol. The molecule has 0 bridgehead atoms. The Morgan fingerprint density at radius 2 is 2.08 bits per heavy atom. The summed E-state index contributed by atoms with van der Waals surface area (Å²) < 4.78 is 21.1. The highest BCUT2D eigenvalue weighted by Gasteiger charge is 2.26. The Morgan fingerprint density at radius 1 is 1.19 bits per heavy atom. The molecule has 1 N–H and O–H groups in total. The minimum absolute atomic E-state index is 0.238. The molecule has 1 saturated heterocycles. The summed E-state index contributed by atoms with van der Waals surface area (Å²) in [6, 6.07) is 6.83. The number of fused-ring (bicyclic) bond motifs is 2. The summed E-state index contributed by atoms with van der Waals surface area (Å²) in [5.74, 6) is 0.0892. The third kappa shape index (κ3) is 2.91. The Morgan fingerprint density at radius 3 is 2.92 bits per heavy atom. The van der Waals surface area contributed by atoms with Crippen molar-refractivity contribution in [3.63, 3.8) is 0 Å². The molecule has 5 rings (SSSR count). The zero-order valence-corrected chi connectivity index (χ0v) is 14.6. The lowest BCUT2D eigenvalue weighted by atomic mass is 9.91. The molecule has 26 heavy (non-hydrogen) atoms. The van der Waals surface area contributed by atoms with Gasteiger partial charge in [-0.05, 0) is 50.2 Å². The van der Waals surface area contributed by atoms with E-state index in [9.17, 15) is 4.39 Å². The fourth-order valence-corrected chi connectivity index (χ4v) is 4.15. The number of halogens is 1. The number of rotatable bonds is 3. The second-order valence-electron chi connectivity index (χ2n) is 7.29. The third-order valence-corrected chi connectivity index (χ3v) is 5.54. The van der Waals surface area contributed by atoms with Crippen LogP contribution in [0, 0.1) is 5.82 Å². The van der Waals surface area contributed by atoms with Crippen molar-refractivity contribution in [3.05, 3.63) is 47.2 Å². The molecule has 0 amide bonds. The zero-order chi connectivity index (χ0) is 17.5. The van der Waals surface area contributed by atoms with E-state index in [0.717, 1.165) is 68.9 Å². The number of piperidine rings is 1. The minimum Gasteiger partial charge on any atom is -0.356 e. The van der Waals surface area contributed by atoms with Gasteiger partial charge in [-0.1, -0.05) is 5.16 Å². The molecule has 0 atom stereocenters. The number of hydrogen-bond donors (Lipinski definition) is 1. The summed E-state index contributed by atoms with van der Waals surface area (Å²) >= 11 is 0. The van der Waals surface area contributed by atoms with E-state index >= 15 is 0 Å². The predicted octanol–water partition coefficient (Wildman–Crippen LogP) is 2.65. The van der Waals surface area contributed by atoms with E-state index in [1.807, 2.05) is 0 Å². The molecule has 0 radical (unpaired) electrons. The lowest BCUT2D eigenvalue weighted by Crippen LogP contribution is -2.32. The van der Waals surface area contributed by atoms with Crippen LogP contribution in [0.25, 0.3) is 11.0 Å². The number of likely N-dealkylation sites (tertiary alicyclic amines) is 1. The van der Waals surface area contributed by atoms with Crippen molar-refractivity contribution < 1.29 is 8.91 Å². The monoisotopic (exact) mass is 355 g/mol. The molecule has 3 aromatic rings. The van der Waals surface area contributed by atoms with Gasteiger partial charge in [0.05, 0.1) is 23.6 Å². The van der Waals surface area contributed by atoms with Crippen molar-refractivity contribution in [3.8, 4) is 0 Å². The fraction of sp³-hybridized carbons (Fsp3) is 0.474. The normalized spacial score (nSPS) is 19.1. The molecule has 7 heteroatoms. The Bertz CT molecular complexity index is 902. The van der Waals surface area contributed by atoms with Crippen molar-refractivity contribution in [2.75, 3.05) is 19.6 Å². The van der Waals surface area contributed by atoms with Gasteiger partial charge < -0.3 is 9.84 Å². The van der Waals surface area contributed by atoms with Gasteiger partial charge in [0.1, 0.15) is 5.82 Å². The van der Waals surface area contributed by atoms with Crippen LogP contribution in [0.1, 0.15) is 35.8 Å². The Kier molecular flexibility index (Phi) is 3.98. The maximum atomic E-state index is 13.6. The smallest absolute Gasteiger partial charge is 0.167 e. The molecular formula is C19H22FN5O. The maximum absolute atomic E-state index is 13.6. The molecule has 4 heterocycles. The molecule has 2 aliphatic rings. The van der Waals surface area contributed by atoms with Gasteiger partial charge in [0.15, 0.2) is 5.58 Å². The van der Waals surface area contributed by atoms with Gasteiger partial charge in [-0.2, -0.15) is 5.10 Å². The first kappa shape index (κ1) is 16.0. The summed E-state index contributed by atoms with van der Waals surface area (Å²) in [5.41, 5.74) is 4.00. The van der Waals surface area contributed by atoms with E-state index in [2.05, 4.69) is 26.1 Å². The third-order valence-electron chi connectivity index (χ3n) is 5.54. The second-order valence-corrected chi connectivity index (χ2v) is 7.29. The van der Waals surface area contributed by atoms with Crippen LogP contribution < -0.4 is 5.32 Å². The lowest BCUT2D eigenvalue weighted by Gasteiger charge is -2.30. The Balaban J connectivity index is 1.25. The lowest BCUT2D eigenvalue weighted by molar-refractivity contribution is 0.199. The highest BCUT2D eigenvalue weighted by molar-refractivity contribution is 5.79. The summed E-state index contributed by atoms with van der Waals surface area (Å²) in [5, 5.41) is 13.2. The second kappa shape index (κ2) is 6.48. The Labute approximate surface area is 150 Å². The maximum Gasteiger partial charge on any atom is 0.167 e. The van der Waals surface area contributed by atoms with Crippen LogP contribution in [0.15, 0.2) is 28.8 Å². The SMILES string of the molecule is Fc1ccc2onc(C3CCN(Cc4cc5n(n4)CCNC5)CC3)c2c1. The number of aromatic nitrogens is 3. The fourth-order valence-electron chi connectivity index (χ4n) is 4.15. The average Bonchev–Trinajstić information content (AvgIpc) is 3.25.